The van der Waals surface area contributed by atoms with Crippen LogP contribution in [0.3, 0.4) is 0 Å². The Kier molecular flexibility index (Phi) is 2.80. The minimum Gasteiger partial charge on any atom is -0.308 e. The van der Waals surface area contributed by atoms with Crippen molar-refractivity contribution in [3.63, 3.8) is 0 Å². The first kappa shape index (κ1) is 10.0. The summed E-state index contributed by atoms with van der Waals surface area (Å²) in [5.41, 5.74) is 4.15. The molecule has 76 valence electrons. The van der Waals surface area contributed by atoms with Gasteiger partial charge in [-0.3, -0.25) is 0 Å². The lowest BCUT2D eigenvalue weighted by molar-refractivity contribution is 0.497. The van der Waals surface area contributed by atoms with Crippen LogP contribution in [0.25, 0.3) is 0 Å². The molecule has 0 radical (unpaired) electrons. The number of fused-ring (bicyclic) bond motifs is 1. The molecule has 2 unspecified atom stereocenters. The molecule has 0 aliphatic carbocycles. The van der Waals surface area contributed by atoms with Gasteiger partial charge in [-0.25, -0.2) is 0 Å². The Morgan fingerprint density at radius 2 is 2.29 bits per heavy atom. The molecule has 0 bridgehead atoms. The fourth-order valence-corrected chi connectivity index (χ4v) is 2.34. The summed E-state index contributed by atoms with van der Waals surface area (Å²) in [4.78, 5) is 0. The smallest absolute Gasteiger partial charge is 0.0502 e. The van der Waals surface area contributed by atoms with E-state index in [0.29, 0.717) is 6.04 Å². The molecule has 0 spiro atoms. The zero-order valence-corrected chi connectivity index (χ0v) is 9.43. The van der Waals surface area contributed by atoms with E-state index >= 15 is 0 Å². The Hall–Kier alpha value is -0.530. The van der Waals surface area contributed by atoms with Crippen LogP contribution in [0.5, 0.6) is 0 Å². The van der Waals surface area contributed by atoms with Gasteiger partial charge >= 0.3 is 0 Å². The van der Waals surface area contributed by atoms with Crippen molar-refractivity contribution in [1.82, 2.24) is 5.32 Å². The highest BCUT2D eigenvalue weighted by Gasteiger charge is 2.23. The zero-order chi connectivity index (χ0) is 10.1. The van der Waals surface area contributed by atoms with Gasteiger partial charge in [0.2, 0.25) is 0 Å². The van der Waals surface area contributed by atoms with E-state index in [0.717, 1.165) is 13.0 Å². The fraction of sp³-hybridized carbons (Fsp3) is 0.500. The van der Waals surface area contributed by atoms with Crippen LogP contribution in [0.15, 0.2) is 18.2 Å². The van der Waals surface area contributed by atoms with Gasteiger partial charge in [-0.2, -0.15) is 0 Å². The van der Waals surface area contributed by atoms with Gasteiger partial charge in [0.1, 0.15) is 0 Å². The molecule has 1 nitrogen and oxygen atoms in total. The van der Waals surface area contributed by atoms with Crippen LogP contribution in [0.1, 0.15) is 29.7 Å². The van der Waals surface area contributed by atoms with Crippen molar-refractivity contribution in [2.24, 2.45) is 0 Å². The van der Waals surface area contributed by atoms with E-state index in [-0.39, 0.29) is 5.38 Å². The van der Waals surface area contributed by atoms with Crippen LogP contribution in [0.4, 0.5) is 0 Å². The van der Waals surface area contributed by atoms with E-state index in [4.69, 9.17) is 11.6 Å². The summed E-state index contributed by atoms with van der Waals surface area (Å²) in [5, 5.41) is 3.62. The number of alkyl halides is 1. The van der Waals surface area contributed by atoms with Gasteiger partial charge in [-0.05, 0) is 37.9 Å². The minimum atomic E-state index is 0.149. The molecule has 1 aliphatic heterocycles. The Morgan fingerprint density at radius 3 is 3.00 bits per heavy atom. The lowest BCUT2D eigenvalue weighted by atomic mass is 9.91. The molecular formula is C12H16ClN. The number of rotatable bonds is 1. The van der Waals surface area contributed by atoms with Crippen LogP contribution in [0.2, 0.25) is 0 Å². The number of aryl methyl sites for hydroxylation is 1. The minimum absolute atomic E-state index is 0.149. The topological polar surface area (TPSA) is 12.0 Å². The largest absolute Gasteiger partial charge is 0.308 e. The third kappa shape index (κ3) is 1.79. The maximum atomic E-state index is 6.17. The second kappa shape index (κ2) is 3.92. The molecule has 2 rings (SSSR count). The molecule has 0 aromatic heterocycles. The first-order valence-corrected chi connectivity index (χ1v) is 5.59. The third-order valence-electron chi connectivity index (χ3n) is 2.85. The quantitative estimate of drug-likeness (QED) is 0.702. The predicted molar refractivity (Wildman–Crippen MR) is 60.9 cm³/mol. The van der Waals surface area contributed by atoms with E-state index in [1.807, 2.05) is 0 Å². The number of benzene rings is 1. The van der Waals surface area contributed by atoms with Crippen molar-refractivity contribution in [1.29, 1.82) is 0 Å². The van der Waals surface area contributed by atoms with Crippen molar-refractivity contribution < 1.29 is 0 Å². The number of nitrogens with one attached hydrogen (secondary N) is 1. The standard InChI is InChI=1S/C12H16ClN/c1-8-3-4-10-5-6-14-12(9(2)13)11(10)7-8/h3-4,7,9,12,14H,5-6H2,1-2H3. The fourth-order valence-electron chi connectivity index (χ4n) is 2.11. The second-order valence-electron chi connectivity index (χ2n) is 4.06. The molecule has 0 saturated heterocycles. The van der Waals surface area contributed by atoms with Gasteiger partial charge in [-0.15, -0.1) is 11.6 Å². The Balaban J connectivity index is 2.41. The molecule has 1 heterocycles. The molecule has 0 saturated carbocycles. The lowest BCUT2D eigenvalue weighted by Crippen LogP contribution is -2.34. The summed E-state index contributed by atoms with van der Waals surface area (Å²) in [7, 11) is 0. The van der Waals surface area contributed by atoms with Gasteiger partial charge in [0.05, 0.1) is 5.38 Å². The average Bonchev–Trinajstić information content (AvgIpc) is 2.16. The Labute approximate surface area is 90.5 Å². The SMILES string of the molecule is Cc1ccc2c(c1)C(C(C)Cl)NCC2. The van der Waals surface area contributed by atoms with Crippen LogP contribution in [-0.2, 0) is 6.42 Å². The molecule has 0 amide bonds. The van der Waals surface area contributed by atoms with Gasteiger partial charge in [0, 0.05) is 6.04 Å². The third-order valence-corrected chi connectivity index (χ3v) is 3.11. The molecule has 14 heavy (non-hydrogen) atoms. The average molecular weight is 210 g/mol. The summed E-state index contributed by atoms with van der Waals surface area (Å²) in [6, 6.07) is 6.99. The molecule has 1 aromatic rings. The Bertz CT molecular complexity index is 333. The van der Waals surface area contributed by atoms with Gasteiger partial charge in [0.25, 0.3) is 0 Å². The highest BCUT2D eigenvalue weighted by Crippen LogP contribution is 2.28. The predicted octanol–water partition coefficient (Wildman–Crippen LogP) is 2.81. The highest BCUT2D eigenvalue weighted by molar-refractivity contribution is 6.20. The van der Waals surface area contributed by atoms with Crippen molar-refractivity contribution >= 4 is 11.6 Å². The van der Waals surface area contributed by atoms with E-state index < -0.39 is 0 Å². The Morgan fingerprint density at radius 1 is 1.50 bits per heavy atom. The monoisotopic (exact) mass is 209 g/mol. The first-order valence-electron chi connectivity index (χ1n) is 5.15. The molecular weight excluding hydrogens is 194 g/mol. The lowest BCUT2D eigenvalue weighted by Gasteiger charge is -2.29. The van der Waals surface area contributed by atoms with E-state index in [9.17, 15) is 0 Å². The molecule has 2 heteroatoms. The van der Waals surface area contributed by atoms with Crippen molar-refractivity contribution in [2.75, 3.05) is 6.54 Å². The number of halogens is 1. The summed E-state index contributed by atoms with van der Waals surface area (Å²) in [6.07, 6.45) is 1.12. The molecule has 0 fully saturated rings. The van der Waals surface area contributed by atoms with Gasteiger partial charge in [-0.1, -0.05) is 23.8 Å². The van der Waals surface area contributed by atoms with E-state index in [2.05, 4.69) is 37.4 Å². The summed E-state index contributed by atoms with van der Waals surface area (Å²) >= 11 is 6.17. The maximum absolute atomic E-state index is 6.17. The zero-order valence-electron chi connectivity index (χ0n) is 8.68. The van der Waals surface area contributed by atoms with Crippen molar-refractivity contribution in [2.45, 2.75) is 31.7 Å². The maximum Gasteiger partial charge on any atom is 0.0502 e. The molecule has 2 atom stereocenters. The van der Waals surface area contributed by atoms with Gasteiger partial charge in [0.15, 0.2) is 0 Å². The molecule has 1 N–H and O–H groups in total. The molecule has 1 aromatic carbocycles. The van der Waals surface area contributed by atoms with Crippen LogP contribution < -0.4 is 5.32 Å². The highest BCUT2D eigenvalue weighted by atomic mass is 35.5. The van der Waals surface area contributed by atoms with Crippen LogP contribution >= 0.6 is 11.6 Å². The normalized spacial score (nSPS) is 22.9. The summed E-state index contributed by atoms with van der Waals surface area (Å²) in [6.45, 7) is 5.22. The van der Waals surface area contributed by atoms with Crippen molar-refractivity contribution in [3.05, 3.63) is 34.9 Å². The second-order valence-corrected chi connectivity index (χ2v) is 4.75. The van der Waals surface area contributed by atoms with Crippen LogP contribution in [0, 0.1) is 6.92 Å². The van der Waals surface area contributed by atoms with Gasteiger partial charge < -0.3 is 5.32 Å². The molecule has 1 aliphatic rings. The number of hydrogen-bond donors (Lipinski definition) is 1. The van der Waals surface area contributed by atoms with E-state index in [1.54, 1.807) is 0 Å². The summed E-state index contributed by atoms with van der Waals surface area (Å²) < 4.78 is 0. The van der Waals surface area contributed by atoms with E-state index in [1.165, 1.54) is 16.7 Å². The van der Waals surface area contributed by atoms with Crippen LogP contribution in [-0.4, -0.2) is 11.9 Å². The first-order chi connectivity index (χ1) is 6.68. The summed E-state index contributed by atoms with van der Waals surface area (Å²) in [5.74, 6) is 0. The number of hydrogen-bond acceptors (Lipinski definition) is 1. The van der Waals surface area contributed by atoms with Crippen molar-refractivity contribution in [3.8, 4) is 0 Å².